The van der Waals surface area contributed by atoms with E-state index in [-0.39, 0.29) is 19.0 Å². The van der Waals surface area contributed by atoms with Gasteiger partial charge in [-0.15, -0.1) is 12.4 Å². The molecule has 0 fully saturated rings. The SMILES string of the molecule is Cc1cc2ncn(CC(=O)O)c2cc1C.Cl. The van der Waals surface area contributed by atoms with Gasteiger partial charge >= 0.3 is 5.97 Å². The van der Waals surface area contributed by atoms with Crippen LogP contribution in [0.15, 0.2) is 18.5 Å². The van der Waals surface area contributed by atoms with Crippen molar-refractivity contribution in [2.45, 2.75) is 20.4 Å². The van der Waals surface area contributed by atoms with Gasteiger partial charge in [-0.3, -0.25) is 4.79 Å². The van der Waals surface area contributed by atoms with Gasteiger partial charge in [-0.25, -0.2) is 4.98 Å². The Kier molecular flexibility index (Phi) is 3.55. The molecule has 0 aliphatic carbocycles. The highest BCUT2D eigenvalue weighted by Crippen LogP contribution is 2.18. The molecular formula is C11H13ClN2O2. The molecule has 1 aromatic heterocycles. The van der Waals surface area contributed by atoms with Crippen molar-refractivity contribution in [3.05, 3.63) is 29.6 Å². The summed E-state index contributed by atoms with van der Waals surface area (Å²) in [7, 11) is 0. The number of hydrogen-bond acceptors (Lipinski definition) is 2. The number of imidazole rings is 1. The summed E-state index contributed by atoms with van der Waals surface area (Å²) in [6.07, 6.45) is 1.57. The molecule has 86 valence electrons. The Balaban J connectivity index is 0.00000128. The van der Waals surface area contributed by atoms with Crippen LogP contribution in [0.4, 0.5) is 0 Å². The smallest absolute Gasteiger partial charge is 0.323 e. The largest absolute Gasteiger partial charge is 0.480 e. The van der Waals surface area contributed by atoms with Gasteiger partial charge in [0.2, 0.25) is 0 Å². The summed E-state index contributed by atoms with van der Waals surface area (Å²) in [5.41, 5.74) is 4.04. The summed E-state index contributed by atoms with van der Waals surface area (Å²) in [6.45, 7) is 3.98. The third-order valence-electron chi connectivity index (χ3n) is 2.54. The molecule has 0 unspecified atom stereocenters. The summed E-state index contributed by atoms with van der Waals surface area (Å²) in [4.78, 5) is 14.8. The lowest BCUT2D eigenvalue weighted by Gasteiger charge is -2.02. The van der Waals surface area contributed by atoms with E-state index >= 15 is 0 Å². The number of hydrogen-bond donors (Lipinski definition) is 1. The molecule has 0 bridgehead atoms. The molecule has 4 nitrogen and oxygen atoms in total. The minimum absolute atomic E-state index is 0. The Morgan fingerprint density at radius 2 is 2.00 bits per heavy atom. The van der Waals surface area contributed by atoms with Crippen molar-refractivity contribution in [1.82, 2.24) is 9.55 Å². The van der Waals surface area contributed by atoms with Crippen LogP contribution in [0.25, 0.3) is 11.0 Å². The topological polar surface area (TPSA) is 55.1 Å². The lowest BCUT2D eigenvalue weighted by molar-refractivity contribution is -0.137. The summed E-state index contributed by atoms with van der Waals surface area (Å²) in [5, 5.41) is 8.72. The molecular weight excluding hydrogens is 228 g/mol. The fourth-order valence-electron chi connectivity index (χ4n) is 1.58. The first kappa shape index (κ1) is 12.5. The van der Waals surface area contributed by atoms with Crippen molar-refractivity contribution in [2.24, 2.45) is 0 Å². The molecule has 0 spiro atoms. The van der Waals surface area contributed by atoms with Crippen LogP contribution in [-0.4, -0.2) is 20.6 Å². The van der Waals surface area contributed by atoms with Crippen LogP contribution < -0.4 is 0 Å². The number of carboxylic acids is 1. The highest BCUT2D eigenvalue weighted by atomic mass is 35.5. The molecule has 0 radical (unpaired) electrons. The normalized spacial score (nSPS) is 10.1. The standard InChI is InChI=1S/C11H12N2O2.ClH/c1-7-3-9-10(4-8(7)2)13(6-12-9)5-11(14)15;/h3-4,6H,5H2,1-2H3,(H,14,15);1H. The van der Waals surface area contributed by atoms with Gasteiger partial charge in [0.05, 0.1) is 17.4 Å². The summed E-state index contributed by atoms with van der Waals surface area (Å²) in [6, 6.07) is 3.95. The van der Waals surface area contributed by atoms with Gasteiger partial charge in [0.15, 0.2) is 0 Å². The number of rotatable bonds is 2. The molecule has 16 heavy (non-hydrogen) atoms. The van der Waals surface area contributed by atoms with Crippen molar-refractivity contribution in [1.29, 1.82) is 0 Å². The first-order valence-corrected chi connectivity index (χ1v) is 4.72. The van der Waals surface area contributed by atoms with Crippen LogP contribution in [0.5, 0.6) is 0 Å². The van der Waals surface area contributed by atoms with Crippen LogP contribution in [0, 0.1) is 13.8 Å². The van der Waals surface area contributed by atoms with Crippen LogP contribution in [0.1, 0.15) is 11.1 Å². The molecule has 2 rings (SSSR count). The van der Waals surface area contributed by atoms with Gasteiger partial charge in [0.25, 0.3) is 0 Å². The second-order valence-corrected chi connectivity index (χ2v) is 3.69. The number of aryl methyl sites for hydroxylation is 2. The van der Waals surface area contributed by atoms with Crippen LogP contribution in [0.2, 0.25) is 0 Å². The van der Waals surface area contributed by atoms with Gasteiger partial charge in [0, 0.05) is 0 Å². The highest BCUT2D eigenvalue weighted by Gasteiger charge is 2.07. The predicted octanol–water partition coefficient (Wildman–Crippen LogP) is 2.16. The Morgan fingerprint density at radius 1 is 1.38 bits per heavy atom. The fourth-order valence-corrected chi connectivity index (χ4v) is 1.58. The quantitative estimate of drug-likeness (QED) is 0.875. The number of aliphatic carboxylic acids is 1. The molecule has 0 amide bonds. The van der Waals surface area contributed by atoms with E-state index < -0.39 is 5.97 Å². The molecule has 0 aliphatic rings. The first-order chi connectivity index (χ1) is 7.08. The van der Waals surface area contributed by atoms with Crippen molar-refractivity contribution in [3.8, 4) is 0 Å². The van der Waals surface area contributed by atoms with E-state index in [4.69, 9.17) is 5.11 Å². The molecule has 1 aromatic carbocycles. The van der Waals surface area contributed by atoms with E-state index in [0.717, 1.165) is 16.6 Å². The molecule has 5 heteroatoms. The van der Waals surface area contributed by atoms with Crippen molar-refractivity contribution >= 4 is 29.4 Å². The average Bonchev–Trinajstić information content (AvgIpc) is 2.49. The summed E-state index contributed by atoms with van der Waals surface area (Å²) < 4.78 is 1.64. The zero-order valence-corrected chi connectivity index (χ0v) is 9.91. The van der Waals surface area contributed by atoms with Crippen LogP contribution in [-0.2, 0) is 11.3 Å². The van der Waals surface area contributed by atoms with Gasteiger partial charge in [0.1, 0.15) is 6.54 Å². The zero-order chi connectivity index (χ0) is 11.0. The minimum Gasteiger partial charge on any atom is -0.480 e. The number of benzene rings is 1. The van der Waals surface area contributed by atoms with E-state index in [1.807, 2.05) is 26.0 Å². The third kappa shape index (κ3) is 2.17. The molecule has 0 saturated heterocycles. The number of halogens is 1. The fraction of sp³-hybridized carbons (Fsp3) is 0.273. The highest BCUT2D eigenvalue weighted by molar-refractivity contribution is 5.85. The molecule has 0 saturated carbocycles. The molecule has 1 heterocycles. The molecule has 0 atom stereocenters. The second-order valence-electron chi connectivity index (χ2n) is 3.69. The Hall–Kier alpha value is -1.55. The van der Waals surface area contributed by atoms with Gasteiger partial charge in [-0.05, 0) is 37.1 Å². The van der Waals surface area contributed by atoms with Gasteiger partial charge < -0.3 is 9.67 Å². The van der Waals surface area contributed by atoms with Gasteiger partial charge in [-0.1, -0.05) is 0 Å². The van der Waals surface area contributed by atoms with E-state index in [2.05, 4.69) is 4.98 Å². The lowest BCUT2D eigenvalue weighted by Crippen LogP contribution is -2.07. The zero-order valence-electron chi connectivity index (χ0n) is 9.10. The van der Waals surface area contributed by atoms with Crippen LogP contribution in [0.3, 0.4) is 0 Å². The number of aromatic nitrogens is 2. The van der Waals surface area contributed by atoms with Crippen molar-refractivity contribution < 1.29 is 9.90 Å². The van der Waals surface area contributed by atoms with E-state index in [1.54, 1.807) is 10.9 Å². The Morgan fingerprint density at radius 3 is 2.62 bits per heavy atom. The number of carboxylic acid groups (broad SMARTS) is 1. The Bertz CT molecular complexity index is 534. The van der Waals surface area contributed by atoms with E-state index in [9.17, 15) is 4.79 Å². The molecule has 1 N–H and O–H groups in total. The monoisotopic (exact) mass is 240 g/mol. The number of carbonyl (C=O) groups is 1. The molecule has 2 aromatic rings. The maximum absolute atomic E-state index is 10.6. The first-order valence-electron chi connectivity index (χ1n) is 4.72. The average molecular weight is 241 g/mol. The third-order valence-corrected chi connectivity index (χ3v) is 2.54. The minimum atomic E-state index is -0.854. The molecule has 0 aliphatic heterocycles. The van der Waals surface area contributed by atoms with Crippen molar-refractivity contribution in [2.75, 3.05) is 0 Å². The maximum atomic E-state index is 10.6. The van der Waals surface area contributed by atoms with E-state index in [1.165, 1.54) is 5.56 Å². The predicted molar refractivity (Wildman–Crippen MR) is 64.1 cm³/mol. The number of nitrogens with zero attached hydrogens (tertiary/aromatic N) is 2. The van der Waals surface area contributed by atoms with Crippen LogP contribution >= 0.6 is 12.4 Å². The Labute approximate surface area is 99.3 Å². The van der Waals surface area contributed by atoms with Crippen molar-refractivity contribution in [3.63, 3.8) is 0 Å². The summed E-state index contributed by atoms with van der Waals surface area (Å²) in [5.74, 6) is -0.854. The summed E-state index contributed by atoms with van der Waals surface area (Å²) >= 11 is 0. The number of fused-ring (bicyclic) bond motifs is 1. The lowest BCUT2D eigenvalue weighted by atomic mass is 10.1. The van der Waals surface area contributed by atoms with Gasteiger partial charge in [-0.2, -0.15) is 0 Å². The van der Waals surface area contributed by atoms with E-state index in [0.29, 0.717) is 0 Å². The second kappa shape index (κ2) is 4.53. The maximum Gasteiger partial charge on any atom is 0.323 e.